The molecule has 13 nitrogen and oxygen atoms in total. The van der Waals surface area contributed by atoms with Crippen molar-refractivity contribution in [1.82, 2.24) is 30.2 Å². The number of aryl methyl sites for hydroxylation is 4. The molecule has 2 aromatic heterocycles. The maximum absolute atomic E-state index is 13.7. The Hall–Kier alpha value is -6.61. The van der Waals surface area contributed by atoms with Crippen LogP contribution in [0.1, 0.15) is 165 Å². The van der Waals surface area contributed by atoms with E-state index in [1.165, 1.54) is 24.0 Å². The largest absolute Gasteiger partial charge is 0.478 e. The van der Waals surface area contributed by atoms with Gasteiger partial charge in [-0.1, -0.05) is 64.1 Å². The van der Waals surface area contributed by atoms with Gasteiger partial charge in [-0.15, -0.1) is 12.4 Å². The van der Waals surface area contributed by atoms with E-state index in [4.69, 9.17) is 30.0 Å². The second kappa shape index (κ2) is 24.2. The number of nitrogens with one attached hydrogen (secondary N) is 3. The zero-order valence-corrected chi connectivity index (χ0v) is 43.2. The summed E-state index contributed by atoms with van der Waals surface area (Å²) >= 11 is 0. The average Bonchev–Trinajstić information content (AvgIpc) is 4.06. The highest BCUT2D eigenvalue weighted by Crippen LogP contribution is 2.35. The predicted octanol–water partition coefficient (Wildman–Crippen LogP) is 11.2. The maximum Gasteiger partial charge on any atom is 0.335 e. The van der Waals surface area contributed by atoms with Gasteiger partial charge in [0.25, 0.3) is 5.91 Å². The van der Waals surface area contributed by atoms with E-state index in [9.17, 15) is 14.7 Å². The van der Waals surface area contributed by atoms with Crippen LogP contribution in [-0.2, 0) is 35.5 Å². The number of nitrogens with zero attached hydrogens (tertiary/aromatic N) is 5. The first-order valence-electron chi connectivity index (χ1n) is 25.2. The summed E-state index contributed by atoms with van der Waals surface area (Å²) in [7, 11) is 0. The van der Waals surface area contributed by atoms with E-state index in [0.29, 0.717) is 55.8 Å². The standard InChI is InChI=1S/C29H32N4O2.C17H20N2O3.C12H14N2.ClH/c1-4-21-13-18(2)24(28-31-26-17-35-16-19(3)27(26)32-28)14-25(21)29(34)33-11-9-23(10-12-33)22-7-5-20(15-30)6-8-22;1-4-11-5-9(2)12(6-13(11)17(20)21)16-18-14-8-22-7-10(3)15(14)19-16;13-9-10-1-3-11(4-2-10)12-5-7-14-8-6-12;/h5-8,13-14,19,23H,4,9-12,16-17H2,1-3H3,(H,31,32);5-6,10H,4,7-8H2,1-3H3,(H,18,19)(H,20,21);1-4,12,14H,5-8H2;1H. The van der Waals surface area contributed by atoms with Crippen LogP contribution in [0.25, 0.3) is 22.8 Å². The van der Waals surface area contributed by atoms with Crippen molar-refractivity contribution in [2.24, 2.45) is 0 Å². The van der Waals surface area contributed by atoms with Crippen LogP contribution in [0.5, 0.6) is 0 Å². The van der Waals surface area contributed by atoms with Crippen LogP contribution in [0.3, 0.4) is 0 Å². The molecule has 0 bridgehead atoms. The number of ether oxygens (including phenoxy) is 2. The fraction of sp³-hybridized carbons (Fsp3) is 0.414. The molecule has 6 aromatic rings. The monoisotopic (exact) mass is 990 g/mol. The third-order valence-corrected chi connectivity index (χ3v) is 14.6. The zero-order valence-electron chi connectivity index (χ0n) is 42.4. The van der Waals surface area contributed by atoms with Gasteiger partial charge < -0.3 is 34.8 Å². The van der Waals surface area contributed by atoms with Crippen LogP contribution in [-0.4, -0.2) is 81.2 Å². The van der Waals surface area contributed by atoms with Crippen molar-refractivity contribution in [2.75, 3.05) is 39.4 Å². The number of hydrogen-bond acceptors (Lipinski definition) is 9. The topological polar surface area (TPSA) is 193 Å². The summed E-state index contributed by atoms with van der Waals surface area (Å²) < 4.78 is 11.2. The van der Waals surface area contributed by atoms with Crippen LogP contribution in [0.15, 0.2) is 72.8 Å². The van der Waals surface area contributed by atoms with Gasteiger partial charge in [-0.05, 0) is 147 Å². The number of benzene rings is 4. The van der Waals surface area contributed by atoms with Gasteiger partial charge >= 0.3 is 5.97 Å². The third-order valence-electron chi connectivity index (χ3n) is 14.6. The van der Waals surface area contributed by atoms with E-state index in [2.05, 4.69) is 85.4 Å². The van der Waals surface area contributed by atoms with Crippen molar-refractivity contribution >= 4 is 24.3 Å². The van der Waals surface area contributed by atoms with Crippen LogP contribution in [0.4, 0.5) is 0 Å². The van der Waals surface area contributed by atoms with Crippen LogP contribution >= 0.6 is 12.4 Å². The molecule has 14 heteroatoms. The highest BCUT2D eigenvalue weighted by molar-refractivity contribution is 5.97. The van der Waals surface area contributed by atoms with Crippen LogP contribution in [0, 0.1) is 36.5 Å². The second-order valence-electron chi connectivity index (χ2n) is 19.4. The van der Waals surface area contributed by atoms with E-state index >= 15 is 0 Å². The Morgan fingerprint density at radius 1 is 0.681 bits per heavy atom. The first kappa shape index (κ1) is 53.2. The summed E-state index contributed by atoms with van der Waals surface area (Å²) in [6.45, 7) is 18.5. The molecule has 6 heterocycles. The molecule has 376 valence electrons. The number of carbonyl (C=O) groups is 2. The molecule has 4 aromatic carbocycles. The molecule has 2 fully saturated rings. The molecular formula is C58H67ClN8O5. The third kappa shape index (κ3) is 12.0. The Morgan fingerprint density at radius 2 is 1.11 bits per heavy atom. The smallest absolute Gasteiger partial charge is 0.335 e. The molecule has 0 saturated carbocycles. The normalized spacial score (nSPS) is 17.6. The van der Waals surface area contributed by atoms with Gasteiger partial charge in [-0.3, -0.25) is 4.79 Å². The molecule has 1 amide bonds. The number of halogens is 1. The Morgan fingerprint density at radius 3 is 1.53 bits per heavy atom. The van der Waals surface area contributed by atoms with Crippen molar-refractivity contribution in [1.29, 1.82) is 10.5 Å². The van der Waals surface area contributed by atoms with Gasteiger partial charge in [-0.2, -0.15) is 10.5 Å². The number of aromatic nitrogens is 4. The van der Waals surface area contributed by atoms with Gasteiger partial charge in [0.15, 0.2) is 0 Å². The lowest BCUT2D eigenvalue weighted by Gasteiger charge is -2.33. The number of aromatic amines is 2. The number of carboxylic acid groups (broad SMARTS) is 1. The summed E-state index contributed by atoms with van der Waals surface area (Å²) in [6, 6.07) is 28.1. The number of imidazole rings is 2. The summed E-state index contributed by atoms with van der Waals surface area (Å²) in [5, 5.41) is 30.5. The molecule has 4 aliphatic rings. The molecule has 4 N–H and O–H groups in total. The summed E-state index contributed by atoms with van der Waals surface area (Å²) in [5.74, 6) is 2.38. The number of aromatic carboxylic acids is 1. The van der Waals surface area contributed by atoms with Crippen molar-refractivity contribution in [3.63, 3.8) is 0 Å². The number of H-pyrrole nitrogens is 2. The first-order valence-corrected chi connectivity index (χ1v) is 25.2. The minimum absolute atomic E-state index is 0. The molecule has 0 aliphatic carbocycles. The Balaban J connectivity index is 0.000000175. The SMILES string of the molecule is CCc1cc(C)c(-c2nc3c([nH]2)COCC3C)cc1C(=O)N1CCC(c2ccc(C#N)cc2)CC1.CCc1cc(C)c(-c2nc3c([nH]2)COCC3C)cc1C(=O)O.Cl.N#Cc1ccc(C2CCNCC2)cc1. The lowest BCUT2D eigenvalue weighted by molar-refractivity contribution is 0.0691. The van der Waals surface area contributed by atoms with Gasteiger partial charge in [0.1, 0.15) is 11.6 Å². The Bertz CT molecular complexity index is 2930. The molecular weight excluding hydrogens is 924 g/mol. The average molecular weight is 992 g/mol. The van der Waals surface area contributed by atoms with Gasteiger partial charge in [0.2, 0.25) is 0 Å². The number of rotatable bonds is 8. The van der Waals surface area contributed by atoms with Gasteiger partial charge in [-0.25, -0.2) is 14.8 Å². The second-order valence-corrected chi connectivity index (χ2v) is 19.4. The molecule has 2 atom stereocenters. The van der Waals surface area contributed by atoms with E-state index in [1.54, 1.807) is 6.07 Å². The fourth-order valence-electron chi connectivity index (χ4n) is 10.4. The number of piperidine rings is 2. The summed E-state index contributed by atoms with van der Waals surface area (Å²) in [6.07, 6.45) is 5.80. The van der Waals surface area contributed by atoms with Gasteiger partial charge in [0.05, 0.1) is 78.0 Å². The molecule has 0 spiro atoms. The Labute approximate surface area is 429 Å². The number of likely N-dealkylation sites (tertiary alicyclic amines) is 1. The minimum atomic E-state index is -0.897. The van der Waals surface area contributed by atoms with E-state index in [0.717, 1.165) is 124 Å². The lowest BCUT2D eigenvalue weighted by atomic mass is 9.88. The summed E-state index contributed by atoms with van der Waals surface area (Å²) in [5.41, 5.74) is 15.2. The van der Waals surface area contributed by atoms with Crippen molar-refractivity contribution in [3.05, 3.63) is 151 Å². The van der Waals surface area contributed by atoms with E-state index in [1.807, 2.05) is 55.1 Å². The van der Waals surface area contributed by atoms with E-state index in [-0.39, 0.29) is 30.2 Å². The van der Waals surface area contributed by atoms with Crippen LogP contribution < -0.4 is 5.32 Å². The molecule has 72 heavy (non-hydrogen) atoms. The van der Waals surface area contributed by atoms with Gasteiger partial charge in [0, 0.05) is 41.6 Å². The number of hydrogen-bond donors (Lipinski definition) is 4. The number of nitriles is 2. The minimum Gasteiger partial charge on any atom is -0.478 e. The highest BCUT2D eigenvalue weighted by atomic mass is 35.5. The molecule has 0 radical (unpaired) electrons. The number of amides is 1. The number of carbonyl (C=O) groups excluding carboxylic acids is 1. The highest BCUT2D eigenvalue weighted by Gasteiger charge is 2.29. The zero-order chi connectivity index (χ0) is 50.2. The maximum atomic E-state index is 13.7. The summed E-state index contributed by atoms with van der Waals surface area (Å²) in [4.78, 5) is 43.5. The van der Waals surface area contributed by atoms with Crippen molar-refractivity contribution in [2.45, 2.75) is 117 Å². The lowest BCUT2D eigenvalue weighted by Crippen LogP contribution is -2.38. The molecule has 4 aliphatic heterocycles. The predicted molar refractivity (Wildman–Crippen MR) is 282 cm³/mol. The molecule has 2 unspecified atom stereocenters. The van der Waals surface area contributed by atoms with Crippen LogP contribution in [0.2, 0.25) is 0 Å². The van der Waals surface area contributed by atoms with E-state index < -0.39 is 5.97 Å². The number of fused-ring (bicyclic) bond motifs is 2. The molecule has 10 rings (SSSR count). The first-order chi connectivity index (χ1) is 34.4. The molecule has 2 saturated heterocycles. The quantitative estimate of drug-likeness (QED) is 0.114. The number of carboxylic acids is 1. The fourth-order valence-corrected chi connectivity index (χ4v) is 10.4. The van der Waals surface area contributed by atoms with Crippen molar-refractivity contribution in [3.8, 4) is 34.9 Å². The van der Waals surface area contributed by atoms with Crippen molar-refractivity contribution < 1.29 is 24.2 Å². The Kier molecular flexibility index (Phi) is 17.9.